The predicted octanol–water partition coefficient (Wildman–Crippen LogP) is 2.94. The summed E-state index contributed by atoms with van der Waals surface area (Å²) in [4.78, 5) is 45.7. The van der Waals surface area contributed by atoms with Gasteiger partial charge in [-0.1, -0.05) is 42.5 Å². The average Bonchev–Trinajstić information content (AvgIpc) is 3.12. The first kappa shape index (κ1) is 38.7. The molecule has 0 fully saturated rings. The van der Waals surface area contributed by atoms with Crippen LogP contribution in [-0.2, 0) is 45.7 Å². The summed E-state index contributed by atoms with van der Waals surface area (Å²) in [6.07, 6.45) is -0.355. The van der Waals surface area contributed by atoms with Gasteiger partial charge in [-0.15, -0.1) is 0 Å². The molecule has 0 saturated heterocycles. The zero-order chi connectivity index (χ0) is 37.5. The molecular formula is C32H34N4O13S2. The van der Waals surface area contributed by atoms with E-state index in [1.807, 2.05) is 0 Å². The number of nitrogens with zero attached hydrogens (tertiary/aromatic N) is 4. The van der Waals surface area contributed by atoms with Gasteiger partial charge < -0.3 is 14.6 Å². The molecular weight excluding hydrogens is 713 g/mol. The Morgan fingerprint density at radius 1 is 0.824 bits per heavy atom. The van der Waals surface area contributed by atoms with Crippen molar-refractivity contribution in [2.24, 2.45) is 0 Å². The van der Waals surface area contributed by atoms with E-state index in [-0.39, 0.29) is 17.1 Å². The van der Waals surface area contributed by atoms with E-state index in [9.17, 15) is 51.8 Å². The Balaban J connectivity index is 1.86. The summed E-state index contributed by atoms with van der Waals surface area (Å²) in [5.41, 5.74) is -0.288. The second-order valence-corrected chi connectivity index (χ2v) is 15.0. The molecule has 0 aliphatic heterocycles. The fourth-order valence-electron chi connectivity index (χ4n) is 5.61. The molecule has 3 aromatic carbocycles. The maximum absolute atomic E-state index is 14.4. The molecule has 4 atom stereocenters. The fraction of sp³-hybridized carbons (Fsp3) is 0.312. The highest BCUT2D eigenvalue weighted by atomic mass is 32.2. The Morgan fingerprint density at radius 3 is 1.84 bits per heavy atom. The van der Waals surface area contributed by atoms with Gasteiger partial charge in [0.05, 0.1) is 46.0 Å². The fourth-order valence-corrected chi connectivity index (χ4v) is 9.01. The first-order valence-corrected chi connectivity index (χ1v) is 18.1. The smallest absolute Gasteiger partial charge is 0.324 e. The number of benzene rings is 3. The molecule has 0 spiro atoms. The summed E-state index contributed by atoms with van der Waals surface area (Å²) in [5, 5.41) is 33.8. The number of methoxy groups -OCH3 is 2. The molecule has 0 radical (unpaired) electrons. The maximum Gasteiger partial charge on any atom is 0.324 e. The third-order valence-electron chi connectivity index (χ3n) is 8.19. The number of nitro benzene ring substituents is 2. The number of ether oxygens (including phenoxy) is 2. The molecule has 51 heavy (non-hydrogen) atoms. The number of rotatable bonds is 15. The standard InChI is InChI=1S/C32H34N4O13S2/c1-48-31(38)19-17-28(32(39)49-2)34(51(46,47)27-15-10-24(11-16-27)36(42)43)25-12-18-30(37)29(20-25)33(21-22-6-4-3-5-7-22)50(44,45)26-13-8-23(9-14-26)35(40)41/h3-16,18,25,28-30,37H,17,19-21H2,1-2H3/t25-,28-,29-,30+/m0/s1. The van der Waals surface area contributed by atoms with Crippen LogP contribution in [0.4, 0.5) is 11.4 Å². The Morgan fingerprint density at radius 2 is 1.35 bits per heavy atom. The van der Waals surface area contributed by atoms with Crippen LogP contribution in [0.1, 0.15) is 24.8 Å². The van der Waals surface area contributed by atoms with Crippen molar-refractivity contribution in [2.45, 2.75) is 59.8 Å². The number of non-ortho nitro benzene ring substituents is 2. The Bertz CT molecular complexity index is 1990. The number of aliphatic hydroxyl groups is 1. The number of carbonyl (C=O) groups excluding carboxylic acids is 2. The molecule has 0 unspecified atom stereocenters. The van der Waals surface area contributed by atoms with Crippen LogP contribution in [0.5, 0.6) is 0 Å². The van der Waals surface area contributed by atoms with Crippen LogP contribution in [0.2, 0.25) is 0 Å². The summed E-state index contributed by atoms with van der Waals surface area (Å²) >= 11 is 0. The van der Waals surface area contributed by atoms with Crippen LogP contribution >= 0.6 is 0 Å². The van der Waals surface area contributed by atoms with E-state index >= 15 is 0 Å². The summed E-state index contributed by atoms with van der Waals surface area (Å²) in [6, 6.07) is 11.8. The van der Waals surface area contributed by atoms with Gasteiger partial charge in [0.25, 0.3) is 11.4 Å². The van der Waals surface area contributed by atoms with Crippen molar-refractivity contribution < 1.29 is 50.9 Å². The first-order chi connectivity index (χ1) is 24.1. The van der Waals surface area contributed by atoms with Crippen molar-refractivity contribution in [2.75, 3.05) is 14.2 Å². The monoisotopic (exact) mass is 746 g/mol. The largest absolute Gasteiger partial charge is 0.469 e. The Hall–Kier alpha value is -5.08. The molecule has 0 heterocycles. The Kier molecular flexibility index (Phi) is 12.4. The summed E-state index contributed by atoms with van der Waals surface area (Å²) in [6.45, 7) is -0.319. The molecule has 19 heteroatoms. The minimum absolute atomic E-state index is 0.319. The lowest BCUT2D eigenvalue weighted by Gasteiger charge is -2.41. The molecule has 0 saturated carbocycles. The number of hydrogen-bond donors (Lipinski definition) is 1. The minimum Gasteiger partial charge on any atom is -0.469 e. The second kappa shape index (κ2) is 16.3. The van der Waals surface area contributed by atoms with E-state index in [1.165, 1.54) is 12.2 Å². The summed E-state index contributed by atoms with van der Waals surface area (Å²) < 4.78 is 68.6. The van der Waals surface area contributed by atoms with E-state index in [1.54, 1.807) is 30.3 Å². The van der Waals surface area contributed by atoms with Gasteiger partial charge in [-0.05, 0) is 42.7 Å². The van der Waals surface area contributed by atoms with Crippen molar-refractivity contribution >= 4 is 43.4 Å². The number of esters is 2. The lowest BCUT2D eigenvalue weighted by atomic mass is 9.93. The average molecular weight is 747 g/mol. The number of nitro groups is 2. The van der Waals surface area contributed by atoms with Gasteiger partial charge in [-0.3, -0.25) is 29.8 Å². The van der Waals surface area contributed by atoms with Gasteiger partial charge in [-0.2, -0.15) is 8.61 Å². The maximum atomic E-state index is 14.4. The van der Waals surface area contributed by atoms with Gasteiger partial charge in [0.2, 0.25) is 20.0 Å². The third-order valence-corrected chi connectivity index (χ3v) is 12.0. The number of carbonyl (C=O) groups is 2. The highest BCUT2D eigenvalue weighted by molar-refractivity contribution is 7.89. The Labute approximate surface area is 293 Å². The molecule has 3 aromatic rings. The number of hydrogen-bond acceptors (Lipinski definition) is 13. The van der Waals surface area contributed by atoms with Crippen molar-refractivity contribution in [1.82, 2.24) is 8.61 Å². The first-order valence-electron chi connectivity index (χ1n) is 15.2. The molecule has 1 aliphatic rings. The van der Waals surface area contributed by atoms with Crippen molar-refractivity contribution in [3.63, 3.8) is 0 Å². The molecule has 1 aliphatic carbocycles. The van der Waals surface area contributed by atoms with Crippen LogP contribution in [0.25, 0.3) is 0 Å². The highest BCUT2D eigenvalue weighted by Gasteiger charge is 2.46. The van der Waals surface area contributed by atoms with E-state index in [0.29, 0.717) is 5.56 Å². The van der Waals surface area contributed by atoms with Crippen LogP contribution in [-0.4, -0.2) is 90.8 Å². The van der Waals surface area contributed by atoms with E-state index < -0.39 is 95.9 Å². The summed E-state index contributed by atoms with van der Waals surface area (Å²) in [7, 11) is -7.24. The van der Waals surface area contributed by atoms with Gasteiger partial charge in [0.1, 0.15) is 6.04 Å². The molecule has 272 valence electrons. The molecule has 17 nitrogen and oxygen atoms in total. The van der Waals surface area contributed by atoms with Crippen molar-refractivity contribution in [3.05, 3.63) is 117 Å². The lowest BCUT2D eigenvalue weighted by molar-refractivity contribution is -0.385. The molecule has 1 N–H and O–H groups in total. The molecule has 0 bridgehead atoms. The lowest BCUT2D eigenvalue weighted by Crippen LogP contribution is -2.56. The van der Waals surface area contributed by atoms with Crippen LogP contribution in [0.15, 0.2) is 101 Å². The molecule has 4 rings (SSSR count). The van der Waals surface area contributed by atoms with Gasteiger partial charge >= 0.3 is 11.9 Å². The third kappa shape index (κ3) is 8.81. The summed E-state index contributed by atoms with van der Waals surface area (Å²) in [5.74, 6) is -1.84. The van der Waals surface area contributed by atoms with Crippen molar-refractivity contribution in [3.8, 4) is 0 Å². The zero-order valence-electron chi connectivity index (χ0n) is 27.2. The van der Waals surface area contributed by atoms with Crippen LogP contribution in [0, 0.1) is 20.2 Å². The van der Waals surface area contributed by atoms with Gasteiger partial charge in [0.15, 0.2) is 0 Å². The minimum atomic E-state index is -4.79. The highest BCUT2D eigenvalue weighted by Crippen LogP contribution is 2.34. The van der Waals surface area contributed by atoms with Crippen molar-refractivity contribution in [1.29, 1.82) is 0 Å². The SMILES string of the molecule is COC(=O)CC[C@@H](C(=O)OC)N([C@H]1C=C[C@@H](O)[C@@H](N(Cc2ccccc2)S(=O)(=O)c2ccc([N+](=O)[O-])cc2)C1)S(=O)(=O)c1ccc([N+](=O)[O-])cc1. The molecule has 0 amide bonds. The predicted molar refractivity (Wildman–Crippen MR) is 179 cm³/mol. The normalized spacial score (nSPS) is 18.3. The second-order valence-electron chi connectivity index (χ2n) is 11.3. The topological polar surface area (TPSA) is 234 Å². The quantitative estimate of drug-likeness (QED) is 0.102. The van der Waals surface area contributed by atoms with Gasteiger partial charge in [-0.25, -0.2) is 16.8 Å². The van der Waals surface area contributed by atoms with E-state index in [2.05, 4.69) is 4.74 Å². The van der Waals surface area contributed by atoms with Gasteiger partial charge in [0, 0.05) is 43.3 Å². The van der Waals surface area contributed by atoms with E-state index in [4.69, 9.17) is 4.74 Å². The number of aliphatic hydroxyl groups excluding tert-OH is 1. The zero-order valence-corrected chi connectivity index (χ0v) is 28.9. The number of sulfonamides is 2. The molecule has 0 aromatic heterocycles. The van der Waals surface area contributed by atoms with Crippen LogP contribution in [0.3, 0.4) is 0 Å². The van der Waals surface area contributed by atoms with E-state index in [0.717, 1.165) is 71.4 Å². The van der Waals surface area contributed by atoms with Crippen LogP contribution < -0.4 is 0 Å².